The summed E-state index contributed by atoms with van der Waals surface area (Å²) in [5, 5.41) is 9.71. The second-order valence-electron chi connectivity index (χ2n) is 9.17. The van der Waals surface area contributed by atoms with Gasteiger partial charge in [0.05, 0.1) is 29.3 Å². The molecule has 1 aliphatic carbocycles. The Morgan fingerprint density at radius 2 is 2.11 bits per heavy atom. The number of anilines is 2. The van der Waals surface area contributed by atoms with Gasteiger partial charge in [0.25, 0.3) is 0 Å². The second-order valence-corrected chi connectivity index (χ2v) is 10.6. The van der Waals surface area contributed by atoms with Crippen molar-refractivity contribution in [1.82, 2.24) is 19.7 Å². The fraction of sp³-hybridized carbons (Fsp3) is 0.222. The van der Waals surface area contributed by atoms with Crippen LogP contribution < -0.4 is 10.1 Å². The lowest BCUT2D eigenvalue weighted by Crippen LogP contribution is -2.05. The Labute approximate surface area is 220 Å². The summed E-state index contributed by atoms with van der Waals surface area (Å²) in [6.07, 6.45) is 5.76. The maximum Gasteiger partial charge on any atom is 0.142 e. The minimum Gasteiger partial charge on any atom is -0.487 e. The molecule has 0 radical (unpaired) electrons. The lowest BCUT2D eigenvalue weighted by atomic mass is 9.95. The Morgan fingerprint density at radius 3 is 2.95 bits per heavy atom. The number of nitrogens with one attached hydrogen (secondary N) is 1. The highest BCUT2D eigenvalue weighted by molar-refractivity contribution is 7.22. The highest BCUT2D eigenvalue weighted by Gasteiger charge is 2.28. The van der Waals surface area contributed by atoms with Gasteiger partial charge in [-0.25, -0.2) is 14.4 Å². The van der Waals surface area contributed by atoms with Crippen molar-refractivity contribution in [1.29, 1.82) is 0 Å². The summed E-state index contributed by atoms with van der Waals surface area (Å²) >= 11 is 8.19. The van der Waals surface area contributed by atoms with E-state index >= 15 is 0 Å². The van der Waals surface area contributed by atoms with E-state index < -0.39 is 0 Å². The van der Waals surface area contributed by atoms with E-state index in [1.165, 1.54) is 28.1 Å². The van der Waals surface area contributed by atoms with Crippen LogP contribution >= 0.6 is 22.9 Å². The number of hydrogen-bond acceptors (Lipinski definition) is 7. The molecule has 10 heteroatoms. The zero-order valence-corrected chi connectivity index (χ0v) is 21.2. The molecule has 186 valence electrons. The van der Waals surface area contributed by atoms with Gasteiger partial charge in [-0.3, -0.25) is 4.68 Å². The first-order valence-corrected chi connectivity index (χ1v) is 13.2. The average molecular weight is 534 g/mol. The third kappa shape index (κ3) is 4.43. The number of fused-ring (bicyclic) bond motifs is 5. The minimum absolute atomic E-state index is 0.226. The normalized spacial score (nSPS) is 15.9. The van der Waals surface area contributed by atoms with Crippen LogP contribution in [0.15, 0.2) is 55.0 Å². The summed E-state index contributed by atoms with van der Waals surface area (Å²) in [5.74, 6) is 0.976. The van der Waals surface area contributed by atoms with Crippen molar-refractivity contribution >= 4 is 44.7 Å². The number of aromatic nitrogens is 4. The number of hydrogen-bond donors (Lipinski definition) is 1. The maximum atomic E-state index is 13.4. The molecule has 37 heavy (non-hydrogen) atoms. The summed E-state index contributed by atoms with van der Waals surface area (Å²) in [4.78, 5) is 11.3. The highest BCUT2D eigenvalue weighted by atomic mass is 35.5. The second kappa shape index (κ2) is 9.09. The summed E-state index contributed by atoms with van der Waals surface area (Å²) in [5.41, 5.74) is 5.08. The van der Waals surface area contributed by atoms with E-state index in [2.05, 4.69) is 21.5 Å². The van der Waals surface area contributed by atoms with Gasteiger partial charge in [0.1, 0.15) is 41.3 Å². The first-order chi connectivity index (χ1) is 18.1. The maximum absolute atomic E-state index is 13.4. The van der Waals surface area contributed by atoms with E-state index in [-0.39, 0.29) is 18.5 Å². The number of rotatable bonds is 7. The highest BCUT2D eigenvalue weighted by Crippen LogP contribution is 2.45. The Morgan fingerprint density at radius 1 is 1.19 bits per heavy atom. The molecule has 3 aromatic heterocycles. The van der Waals surface area contributed by atoms with Crippen molar-refractivity contribution in [2.75, 3.05) is 11.9 Å². The molecule has 2 aromatic carbocycles. The fourth-order valence-corrected chi connectivity index (χ4v) is 6.17. The number of thiophene rings is 1. The fourth-order valence-electron chi connectivity index (χ4n) is 4.72. The predicted molar refractivity (Wildman–Crippen MR) is 141 cm³/mol. The van der Waals surface area contributed by atoms with Crippen LogP contribution in [0.25, 0.3) is 20.7 Å². The molecule has 1 N–H and O–H groups in total. The van der Waals surface area contributed by atoms with Crippen LogP contribution in [0.4, 0.5) is 15.9 Å². The molecule has 0 unspecified atom stereocenters. The van der Waals surface area contributed by atoms with E-state index in [1.807, 2.05) is 16.8 Å². The van der Waals surface area contributed by atoms with E-state index in [4.69, 9.17) is 26.2 Å². The van der Waals surface area contributed by atoms with Gasteiger partial charge < -0.3 is 14.8 Å². The summed E-state index contributed by atoms with van der Waals surface area (Å²) < 4.78 is 26.6. The zero-order valence-electron chi connectivity index (χ0n) is 19.6. The predicted octanol–water partition coefficient (Wildman–Crippen LogP) is 6.17. The van der Waals surface area contributed by atoms with Crippen molar-refractivity contribution in [2.24, 2.45) is 0 Å². The molecule has 0 amide bonds. The molecule has 1 aliphatic heterocycles. The zero-order chi connectivity index (χ0) is 24.9. The smallest absolute Gasteiger partial charge is 0.142 e. The number of nitrogens with zero attached hydrogens (tertiary/aromatic N) is 4. The van der Waals surface area contributed by atoms with Crippen molar-refractivity contribution < 1.29 is 13.9 Å². The van der Waals surface area contributed by atoms with Gasteiger partial charge in [0, 0.05) is 22.3 Å². The number of ether oxygens (including phenoxy) is 2. The van der Waals surface area contributed by atoms with Crippen LogP contribution in [-0.4, -0.2) is 32.5 Å². The quantitative estimate of drug-likeness (QED) is 0.252. The summed E-state index contributed by atoms with van der Waals surface area (Å²) in [6.45, 7) is 1.83. The number of halogens is 2. The number of aryl methyl sites for hydroxylation is 2. The molecular formula is C27H21ClFN5O2S. The Kier molecular flexibility index (Phi) is 5.57. The lowest BCUT2D eigenvalue weighted by Gasteiger charge is -2.13. The molecular weight excluding hydrogens is 513 g/mol. The van der Waals surface area contributed by atoms with E-state index in [0.717, 1.165) is 59.0 Å². The van der Waals surface area contributed by atoms with Gasteiger partial charge >= 0.3 is 0 Å². The third-order valence-corrected chi connectivity index (χ3v) is 8.02. The molecule has 7 rings (SSSR count). The van der Waals surface area contributed by atoms with Crippen molar-refractivity contribution in [3.63, 3.8) is 0 Å². The van der Waals surface area contributed by atoms with Crippen molar-refractivity contribution in [3.8, 4) is 16.2 Å². The van der Waals surface area contributed by atoms with E-state index in [0.29, 0.717) is 10.8 Å². The molecule has 0 saturated carbocycles. The average Bonchev–Trinajstić information content (AvgIpc) is 3.46. The first kappa shape index (κ1) is 22.7. The summed E-state index contributed by atoms with van der Waals surface area (Å²) in [7, 11) is 0. The standard InChI is InChI=1S/C27H21ClFN5O2S/c28-21-9-17(4-7-23(21)36-12-15-2-1-3-16(29)8-15)32-26-24-19-5-6-22-20(11-34(33-22)10-18-13-35-18)25(19)37-27(24)31-14-30-26/h1-4,7-9,11,14,18H,5-6,10,12-13H2,(H,30,31,32)/t18-/m0/s1. The molecule has 4 heterocycles. The Bertz CT molecular complexity index is 1650. The minimum atomic E-state index is -0.295. The topological polar surface area (TPSA) is 77.4 Å². The van der Waals surface area contributed by atoms with E-state index in [9.17, 15) is 4.39 Å². The van der Waals surface area contributed by atoms with Crippen LogP contribution in [0.5, 0.6) is 5.75 Å². The van der Waals surface area contributed by atoms with Gasteiger partial charge in [-0.15, -0.1) is 11.3 Å². The molecule has 7 nitrogen and oxygen atoms in total. The van der Waals surface area contributed by atoms with Crippen LogP contribution in [0, 0.1) is 5.82 Å². The molecule has 1 fully saturated rings. The Balaban J connectivity index is 1.15. The molecule has 0 spiro atoms. The molecule has 5 aromatic rings. The van der Waals surface area contributed by atoms with Crippen molar-refractivity contribution in [3.05, 3.63) is 82.6 Å². The SMILES string of the molecule is Fc1cccc(COc2ccc(Nc3ncnc4sc5c(c34)CCc3nn(C[C@H]4CO4)cc3-5)cc2Cl)c1. The largest absolute Gasteiger partial charge is 0.487 e. The first-order valence-electron chi connectivity index (χ1n) is 12.0. The summed E-state index contributed by atoms with van der Waals surface area (Å²) in [6, 6.07) is 11.8. The van der Waals surface area contributed by atoms with Gasteiger partial charge in [0.15, 0.2) is 0 Å². The monoisotopic (exact) mass is 533 g/mol. The van der Waals surface area contributed by atoms with Crippen LogP contribution in [0.3, 0.4) is 0 Å². The van der Waals surface area contributed by atoms with Crippen LogP contribution in [-0.2, 0) is 30.7 Å². The van der Waals surface area contributed by atoms with E-state index in [1.54, 1.807) is 35.9 Å². The van der Waals surface area contributed by atoms with Gasteiger partial charge in [-0.2, -0.15) is 5.10 Å². The van der Waals surface area contributed by atoms with Gasteiger partial charge in [-0.1, -0.05) is 23.7 Å². The molecule has 1 saturated heterocycles. The number of benzene rings is 2. The van der Waals surface area contributed by atoms with Crippen LogP contribution in [0.2, 0.25) is 5.02 Å². The van der Waals surface area contributed by atoms with Crippen molar-refractivity contribution in [2.45, 2.75) is 32.1 Å². The van der Waals surface area contributed by atoms with Crippen LogP contribution in [0.1, 0.15) is 16.8 Å². The molecule has 0 bridgehead atoms. The van der Waals surface area contributed by atoms with Gasteiger partial charge in [0.2, 0.25) is 0 Å². The number of epoxide rings is 1. The Hall–Kier alpha value is -3.53. The molecule has 1 atom stereocenters. The third-order valence-electron chi connectivity index (χ3n) is 6.55. The molecule has 2 aliphatic rings. The lowest BCUT2D eigenvalue weighted by molar-refractivity contribution is 0.306. The van der Waals surface area contributed by atoms with Gasteiger partial charge in [-0.05, 0) is 54.3 Å².